The average molecular weight is 307 g/mol. The van der Waals surface area contributed by atoms with Gasteiger partial charge in [0.1, 0.15) is 5.82 Å². The first-order valence-corrected chi connectivity index (χ1v) is 7.78. The number of halogens is 1. The number of anilines is 1. The minimum absolute atomic E-state index is 0.304. The highest BCUT2D eigenvalue weighted by atomic mass is 19.1. The zero-order valence-electron chi connectivity index (χ0n) is 13.6. The van der Waals surface area contributed by atoms with Gasteiger partial charge >= 0.3 is 7.12 Å². The molecule has 4 nitrogen and oxygen atoms in total. The Kier molecular flexibility index (Phi) is 3.74. The Morgan fingerprint density at radius 1 is 1.23 bits per heavy atom. The van der Waals surface area contributed by atoms with Gasteiger partial charge in [0.05, 0.1) is 23.0 Å². The van der Waals surface area contributed by atoms with E-state index >= 15 is 0 Å². The molecule has 2 fully saturated rings. The minimum Gasteiger partial charge on any atom is -0.399 e. The van der Waals surface area contributed by atoms with Crippen molar-refractivity contribution in [1.82, 2.24) is 0 Å². The molecule has 2 aliphatic rings. The number of rotatable bonds is 2. The van der Waals surface area contributed by atoms with Crippen LogP contribution in [-0.4, -0.2) is 42.6 Å². The van der Waals surface area contributed by atoms with Crippen molar-refractivity contribution in [2.75, 3.05) is 18.0 Å². The summed E-state index contributed by atoms with van der Waals surface area (Å²) >= 11 is 0. The molecule has 1 N–H and O–H groups in total. The number of β-amino-alcohol motifs (C(OH)–C–C–N with tert-alkyl or cyclic N) is 1. The molecule has 0 spiro atoms. The van der Waals surface area contributed by atoms with Gasteiger partial charge in [-0.25, -0.2) is 4.39 Å². The van der Waals surface area contributed by atoms with Gasteiger partial charge in [0.25, 0.3) is 0 Å². The van der Waals surface area contributed by atoms with Crippen molar-refractivity contribution in [3.8, 4) is 0 Å². The van der Waals surface area contributed by atoms with Gasteiger partial charge in [-0.3, -0.25) is 0 Å². The van der Waals surface area contributed by atoms with Gasteiger partial charge in [-0.15, -0.1) is 0 Å². The van der Waals surface area contributed by atoms with Crippen LogP contribution < -0.4 is 10.4 Å². The molecule has 2 saturated heterocycles. The van der Waals surface area contributed by atoms with Gasteiger partial charge < -0.3 is 19.3 Å². The molecule has 1 atom stereocenters. The van der Waals surface area contributed by atoms with Gasteiger partial charge in [-0.1, -0.05) is 6.07 Å². The van der Waals surface area contributed by atoms with Crippen LogP contribution in [0.3, 0.4) is 0 Å². The van der Waals surface area contributed by atoms with Crippen molar-refractivity contribution >= 4 is 18.3 Å². The number of hydrogen-bond acceptors (Lipinski definition) is 4. The topological polar surface area (TPSA) is 41.9 Å². The summed E-state index contributed by atoms with van der Waals surface area (Å²) in [7, 11) is -0.558. The normalized spacial score (nSPS) is 26.7. The molecule has 0 aliphatic carbocycles. The van der Waals surface area contributed by atoms with E-state index in [9.17, 15) is 9.50 Å². The molecule has 0 amide bonds. The molecule has 2 aliphatic heterocycles. The first kappa shape index (κ1) is 15.8. The van der Waals surface area contributed by atoms with E-state index in [0.717, 1.165) is 0 Å². The molecule has 0 radical (unpaired) electrons. The predicted octanol–water partition coefficient (Wildman–Crippen LogP) is 1.70. The minimum atomic E-state index is -0.558. The van der Waals surface area contributed by atoms with Crippen LogP contribution in [0.15, 0.2) is 18.2 Å². The maximum Gasteiger partial charge on any atom is 0.494 e. The van der Waals surface area contributed by atoms with E-state index in [-0.39, 0.29) is 11.9 Å². The van der Waals surface area contributed by atoms with Gasteiger partial charge in [0.15, 0.2) is 0 Å². The average Bonchev–Trinajstić information content (AvgIpc) is 2.91. The van der Waals surface area contributed by atoms with Gasteiger partial charge in [0.2, 0.25) is 0 Å². The van der Waals surface area contributed by atoms with Crippen LogP contribution in [0.2, 0.25) is 0 Å². The van der Waals surface area contributed by atoms with Crippen molar-refractivity contribution < 1.29 is 18.8 Å². The predicted molar refractivity (Wildman–Crippen MR) is 85.0 cm³/mol. The van der Waals surface area contributed by atoms with Crippen molar-refractivity contribution in [2.45, 2.75) is 51.4 Å². The Hall–Kier alpha value is -1.11. The van der Waals surface area contributed by atoms with Gasteiger partial charge in [-0.05, 0) is 51.7 Å². The molecule has 0 aromatic heterocycles. The van der Waals surface area contributed by atoms with E-state index in [2.05, 4.69) is 0 Å². The molecule has 0 saturated carbocycles. The van der Waals surface area contributed by atoms with E-state index in [4.69, 9.17) is 9.31 Å². The summed E-state index contributed by atoms with van der Waals surface area (Å²) in [5.74, 6) is -0.304. The Balaban J connectivity index is 1.81. The lowest BCUT2D eigenvalue weighted by Crippen LogP contribution is -2.41. The molecule has 22 heavy (non-hydrogen) atoms. The number of nitrogens with zero attached hydrogens (tertiary/aromatic N) is 1. The van der Waals surface area contributed by atoms with Crippen LogP contribution in [-0.2, 0) is 9.31 Å². The Bertz CT molecular complexity index is 563. The van der Waals surface area contributed by atoms with Crippen molar-refractivity contribution in [1.29, 1.82) is 0 Å². The highest BCUT2D eigenvalue weighted by Crippen LogP contribution is 2.36. The lowest BCUT2D eigenvalue weighted by Gasteiger charge is -2.32. The zero-order valence-corrected chi connectivity index (χ0v) is 13.6. The summed E-state index contributed by atoms with van der Waals surface area (Å²) in [6, 6.07) is 5.06. The molecule has 2 heterocycles. The smallest absolute Gasteiger partial charge is 0.399 e. The van der Waals surface area contributed by atoms with Gasteiger partial charge in [-0.2, -0.15) is 0 Å². The summed E-state index contributed by atoms with van der Waals surface area (Å²) < 4.78 is 26.3. The van der Waals surface area contributed by atoms with E-state index in [1.165, 1.54) is 6.07 Å². The fraction of sp³-hybridized carbons (Fsp3) is 0.625. The maximum atomic E-state index is 14.4. The third kappa shape index (κ3) is 2.64. The molecule has 1 aromatic carbocycles. The van der Waals surface area contributed by atoms with Crippen molar-refractivity contribution in [2.24, 2.45) is 0 Å². The summed E-state index contributed by atoms with van der Waals surface area (Å²) in [6.07, 6.45) is 0.306. The second-order valence-corrected chi connectivity index (χ2v) is 7.19. The van der Waals surface area contributed by atoms with Crippen LogP contribution in [0.5, 0.6) is 0 Å². The molecule has 120 valence electrons. The lowest BCUT2D eigenvalue weighted by atomic mass is 9.79. The third-order valence-electron chi connectivity index (χ3n) is 5.00. The molecule has 1 aromatic rings. The monoisotopic (exact) mass is 307 g/mol. The SMILES string of the molecule is CC1(C)OB(c2ccc(N3CC[C@@H](O)C3)c(F)c2)OC1(C)C. The third-order valence-corrected chi connectivity index (χ3v) is 5.00. The highest BCUT2D eigenvalue weighted by Gasteiger charge is 2.51. The Morgan fingerprint density at radius 3 is 2.36 bits per heavy atom. The van der Waals surface area contributed by atoms with Crippen LogP contribution in [0.1, 0.15) is 34.1 Å². The van der Waals surface area contributed by atoms with Crippen molar-refractivity contribution in [3.05, 3.63) is 24.0 Å². The molecule has 0 bridgehead atoms. The summed E-state index contributed by atoms with van der Waals surface area (Å²) in [5, 5.41) is 9.59. The molecular formula is C16H23BFNO3. The second kappa shape index (κ2) is 5.22. The Labute approximate surface area is 131 Å². The standard InChI is InChI=1S/C16H23BFNO3/c1-15(2)16(3,4)22-17(21-15)11-5-6-14(13(18)9-11)19-8-7-12(20)10-19/h5-6,9,12,20H,7-8,10H2,1-4H3/t12-/m1/s1. The zero-order chi connectivity index (χ0) is 16.1. The molecular weight excluding hydrogens is 284 g/mol. The lowest BCUT2D eigenvalue weighted by molar-refractivity contribution is 0.00578. The molecule has 3 rings (SSSR count). The van der Waals surface area contributed by atoms with Crippen LogP contribution in [0.25, 0.3) is 0 Å². The fourth-order valence-corrected chi connectivity index (χ4v) is 2.87. The fourth-order valence-electron chi connectivity index (χ4n) is 2.87. The van der Waals surface area contributed by atoms with E-state index in [1.807, 2.05) is 38.7 Å². The second-order valence-electron chi connectivity index (χ2n) is 7.19. The summed E-state index contributed by atoms with van der Waals surface area (Å²) in [4.78, 5) is 1.87. The quantitative estimate of drug-likeness (QED) is 0.845. The van der Waals surface area contributed by atoms with Crippen molar-refractivity contribution in [3.63, 3.8) is 0 Å². The highest BCUT2D eigenvalue weighted by molar-refractivity contribution is 6.62. The number of aliphatic hydroxyl groups excluding tert-OH is 1. The molecule has 0 unspecified atom stereocenters. The number of benzene rings is 1. The van der Waals surface area contributed by atoms with E-state index < -0.39 is 18.3 Å². The largest absolute Gasteiger partial charge is 0.494 e. The first-order chi connectivity index (χ1) is 10.2. The first-order valence-electron chi connectivity index (χ1n) is 7.78. The van der Waals surface area contributed by atoms with E-state index in [0.29, 0.717) is 30.7 Å². The molecule has 6 heteroatoms. The van der Waals surface area contributed by atoms with Crippen LogP contribution >= 0.6 is 0 Å². The van der Waals surface area contributed by atoms with Crippen LogP contribution in [0, 0.1) is 5.82 Å². The number of aliphatic hydroxyl groups is 1. The Morgan fingerprint density at radius 2 is 1.86 bits per heavy atom. The maximum absolute atomic E-state index is 14.4. The summed E-state index contributed by atoms with van der Waals surface area (Å²) in [5.41, 5.74) is 0.328. The van der Waals surface area contributed by atoms with E-state index in [1.54, 1.807) is 6.07 Å². The summed E-state index contributed by atoms with van der Waals surface area (Å²) in [6.45, 7) is 9.06. The van der Waals surface area contributed by atoms with Crippen LogP contribution in [0.4, 0.5) is 10.1 Å². The number of hydrogen-bond donors (Lipinski definition) is 1. The van der Waals surface area contributed by atoms with Gasteiger partial charge in [0, 0.05) is 13.1 Å².